The summed E-state index contributed by atoms with van der Waals surface area (Å²) < 4.78 is 13.7. The van der Waals surface area contributed by atoms with Gasteiger partial charge >= 0.3 is 5.97 Å². The molecule has 1 aromatic carbocycles. The van der Waals surface area contributed by atoms with Gasteiger partial charge in [-0.25, -0.2) is 4.79 Å². The Hall–Kier alpha value is -1.37. The zero-order valence-electron chi connectivity index (χ0n) is 10.3. The van der Waals surface area contributed by atoms with E-state index in [9.17, 15) is 9.00 Å². The third-order valence-electron chi connectivity index (χ3n) is 2.71. The van der Waals surface area contributed by atoms with Crippen LogP contribution in [0.3, 0.4) is 0 Å². The Balaban J connectivity index is 2.30. The van der Waals surface area contributed by atoms with Crippen LogP contribution >= 0.6 is 23.2 Å². The van der Waals surface area contributed by atoms with Crippen LogP contribution in [0.2, 0.25) is 10.0 Å². The molecule has 0 amide bonds. The summed E-state index contributed by atoms with van der Waals surface area (Å²) in [6.07, 6.45) is 1.24. The van der Waals surface area contributed by atoms with Crippen LogP contribution in [0.5, 0.6) is 0 Å². The van der Waals surface area contributed by atoms with Crippen LogP contribution in [0.1, 0.15) is 16.1 Å². The molecule has 0 aliphatic rings. The first-order valence-electron chi connectivity index (χ1n) is 5.47. The highest BCUT2D eigenvalue weighted by molar-refractivity contribution is 7.84. The van der Waals surface area contributed by atoms with E-state index in [2.05, 4.69) is 5.10 Å². The Kier molecular flexibility index (Phi) is 4.47. The van der Waals surface area contributed by atoms with Crippen LogP contribution in [-0.4, -0.2) is 25.1 Å². The van der Waals surface area contributed by atoms with E-state index in [4.69, 9.17) is 28.3 Å². The quantitative estimate of drug-likeness (QED) is 0.934. The van der Waals surface area contributed by atoms with E-state index in [0.717, 1.165) is 0 Å². The molecule has 0 radical (unpaired) electrons. The van der Waals surface area contributed by atoms with Crippen LogP contribution in [0, 0.1) is 0 Å². The lowest BCUT2D eigenvalue weighted by Gasteiger charge is -2.06. The van der Waals surface area contributed by atoms with Crippen molar-refractivity contribution in [2.45, 2.75) is 10.6 Å². The lowest BCUT2D eigenvalue weighted by atomic mass is 10.3. The van der Waals surface area contributed by atoms with Crippen molar-refractivity contribution in [3.8, 4) is 0 Å². The van der Waals surface area contributed by atoms with Crippen molar-refractivity contribution < 1.29 is 14.1 Å². The number of carboxylic acids is 1. The fourth-order valence-corrected chi connectivity index (χ4v) is 3.23. The number of hydrogen-bond acceptors (Lipinski definition) is 3. The van der Waals surface area contributed by atoms with Crippen LogP contribution in [0.4, 0.5) is 0 Å². The fraction of sp³-hybridized carbons (Fsp3) is 0.167. The first-order chi connectivity index (χ1) is 9.40. The molecular formula is C12H10Cl2N2O3S. The SMILES string of the molecule is Cn1ncc(C(=O)O)c1CS(=O)c1ccc(Cl)c(Cl)c1. The molecule has 5 nitrogen and oxygen atoms in total. The van der Waals surface area contributed by atoms with Gasteiger partial charge in [-0.15, -0.1) is 0 Å². The smallest absolute Gasteiger partial charge is 0.339 e. The van der Waals surface area contributed by atoms with Gasteiger partial charge in [-0.1, -0.05) is 23.2 Å². The number of carbonyl (C=O) groups is 1. The minimum atomic E-state index is -1.44. The van der Waals surface area contributed by atoms with Gasteiger partial charge in [-0.2, -0.15) is 5.10 Å². The predicted octanol–water partition coefficient (Wildman–Crippen LogP) is 2.73. The number of rotatable bonds is 4. The second-order valence-electron chi connectivity index (χ2n) is 4.00. The van der Waals surface area contributed by atoms with Gasteiger partial charge in [-0.3, -0.25) is 8.89 Å². The highest BCUT2D eigenvalue weighted by Gasteiger charge is 2.18. The van der Waals surface area contributed by atoms with E-state index in [1.807, 2.05) is 0 Å². The van der Waals surface area contributed by atoms with Crippen molar-refractivity contribution in [3.05, 3.63) is 45.7 Å². The Bertz CT molecular complexity index is 700. The molecule has 0 aliphatic heterocycles. The fourth-order valence-electron chi connectivity index (χ4n) is 1.64. The second kappa shape index (κ2) is 5.95. The summed E-state index contributed by atoms with van der Waals surface area (Å²) in [5, 5.41) is 13.6. The zero-order valence-corrected chi connectivity index (χ0v) is 12.7. The summed E-state index contributed by atoms with van der Waals surface area (Å²) in [6, 6.07) is 4.66. The molecule has 0 spiro atoms. The van der Waals surface area contributed by atoms with Gasteiger partial charge < -0.3 is 5.11 Å². The maximum atomic E-state index is 12.3. The molecular weight excluding hydrogens is 323 g/mol. The van der Waals surface area contributed by atoms with Crippen molar-refractivity contribution in [2.24, 2.45) is 7.05 Å². The van der Waals surface area contributed by atoms with Gasteiger partial charge in [0.2, 0.25) is 0 Å². The lowest BCUT2D eigenvalue weighted by Crippen LogP contribution is -2.08. The minimum absolute atomic E-state index is 0.0378. The summed E-state index contributed by atoms with van der Waals surface area (Å²) in [5.74, 6) is -1.06. The molecule has 0 aliphatic carbocycles. The molecule has 2 aromatic rings. The summed E-state index contributed by atoms with van der Waals surface area (Å²) >= 11 is 11.7. The Morgan fingerprint density at radius 1 is 1.40 bits per heavy atom. The van der Waals surface area contributed by atoms with E-state index >= 15 is 0 Å². The van der Waals surface area contributed by atoms with Crippen LogP contribution in [0.25, 0.3) is 0 Å². The van der Waals surface area contributed by atoms with Crippen molar-refractivity contribution in [1.82, 2.24) is 9.78 Å². The summed E-state index contributed by atoms with van der Waals surface area (Å²) in [7, 11) is 0.169. The van der Waals surface area contributed by atoms with E-state index < -0.39 is 16.8 Å². The van der Waals surface area contributed by atoms with Crippen molar-refractivity contribution in [1.29, 1.82) is 0 Å². The molecule has 106 valence electrons. The van der Waals surface area contributed by atoms with Gasteiger partial charge in [0.1, 0.15) is 5.56 Å². The van der Waals surface area contributed by atoms with Gasteiger partial charge in [0.25, 0.3) is 0 Å². The molecule has 1 atom stereocenters. The van der Waals surface area contributed by atoms with Crippen molar-refractivity contribution in [2.75, 3.05) is 0 Å². The zero-order chi connectivity index (χ0) is 14.9. The molecule has 2 rings (SSSR count). The average molecular weight is 333 g/mol. The molecule has 0 bridgehead atoms. The lowest BCUT2D eigenvalue weighted by molar-refractivity contribution is 0.0696. The molecule has 1 unspecified atom stereocenters. The first-order valence-corrected chi connectivity index (χ1v) is 7.55. The molecule has 8 heteroatoms. The highest BCUT2D eigenvalue weighted by Crippen LogP contribution is 2.25. The summed E-state index contributed by atoms with van der Waals surface area (Å²) in [5.41, 5.74) is 0.433. The molecule has 20 heavy (non-hydrogen) atoms. The molecule has 0 saturated carbocycles. The summed E-state index contributed by atoms with van der Waals surface area (Å²) in [6.45, 7) is 0. The van der Waals surface area contributed by atoms with Crippen molar-refractivity contribution in [3.63, 3.8) is 0 Å². The van der Waals surface area contributed by atoms with Crippen LogP contribution in [-0.2, 0) is 23.6 Å². The third-order valence-corrected chi connectivity index (χ3v) is 4.77. The number of aryl methyl sites for hydroxylation is 1. The van der Waals surface area contributed by atoms with E-state index in [0.29, 0.717) is 20.6 Å². The first kappa shape index (κ1) is 15.0. The molecule has 1 heterocycles. The van der Waals surface area contributed by atoms with Gasteiger partial charge in [-0.05, 0) is 18.2 Å². The monoisotopic (exact) mass is 332 g/mol. The minimum Gasteiger partial charge on any atom is -0.478 e. The van der Waals surface area contributed by atoms with Gasteiger partial charge in [0, 0.05) is 11.9 Å². The van der Waals surface area contributed by atoms with Crippen molar-refractivity contribution >= 4 is 40.0 Å². The Morgan fingerprint density at radius 3 is 2.70 bits per heavy atom. The highest BCUT2D eigenvalue weighted by atomic mass is 35.5. The summed E-state index contributed by atoms with van der Waals surface area (Å²) in [4.78, 5) is 11.5. The number of aromatic carboxylic acids is 1. The molecule has 0 saturated heterocycles. The molecule has 1 N–H and O–H groups in total. The topological polar surface area (TPSA) is 72.2 Å². The maximum absolute atomic E-state index is 12.3. The standard InChI is InChI=1S/C12H10Cl2N2O3S/c1-16-11(8(5-15-16)12(17)18)6-20(19)7-2-3-9(13)10(14)4-7/h2-5H,6H2,1H3,(H,17,18). The average Bonchev–Trinajstić information content (AvgIpc) is 2.74. The van der Waals surface area contributed by atoms with E-state index in [-0.39, 0.29) is 11.3 Å². The van der Waals surface area contributed by atoms with Crippen LogP contribution < -0.4 is 0 Å². The van der Waals surface area contributed by atoms with Crippen LogP contribution in [0.15, 0.2) is 29.3 Å². The van der Waals surface area contributed by atoms with Gasteiger partial charge in [0.15, 0.2) is 0 Å². The number of nitrogens with zero attached hydrogens (tertiary/aromatic N) is 2. The Morgan fingerprint density at radius 2 is 2.10 bits per heavy atom. The number of benzene rings is 1. The van der Waals surface area contributed by atoms with E-state index in [1.54, 1.807) is 19.2 Å². The third kappa shape index (κ3) is 3.03. The number of halogens is 2. The number of carboxylic acid groups (broad SMARTS) is 1. The van der Waals surface area contributed by atoms with Gasteiger partial charge in [0.05, 0.1) is 38.5 Å². The number of aromatic nitrogens is 2. The van der Waals surface area contributed by atoms with E-state index in [1.165, 1.54) is 16.9 Å². The second-order valence-corrected chi connectivity index (χ2v) is 6.26. The maximum Gasteiger partial charge on any atom is 0.339 e. The predicted molar refractivity (Wildman–Crippen MR) is 76.7 cm³/mol. The largest absolute Gasteiger partial charge is 0.478 e. The molecule has 0 fully saturated rings. The normalized spacial score (nSPS) is 12.3. The molecule has 1 aromatic heterocycles. The Labute approximate surface area is 127 Å². The number of hydrogen-bond donors (Lipinski definition) is 1.